The number of nitrogens with one attached hydrogen (secondary N) is 2. The van der Waals surface area contributed by atoms with Crippen LogP contribution in [0.4, 0.5) is 9.93 Å². The summed E-state index contributed by atoms with van der Waals surface area (Å²) in [6.07, 6.45) is 4.89. The van der Waals surface area contributed by atoms with Crippen molar-refractivity contribution in [1.29, 1.82) is 0 Å². The summed E-state index contributed by atoms with van der Waals surface area (Å²) in [6.45, 7) is 0.350. The SMILES string of the molecule is O=C(O)CCCNC(=O)Nc1nc2c(s1)CCCC2. The molecule has 2 rings (SSSR count). The number of carboxylic acids is 1. The number of anilines is 1. The Morgan fingerprint density at radius 1 is 1.32 bits per heavy atom. The third-order valence-electron chi connectivity index (χ3n) is 2.92. The zero-order chi connectivity index (χ0) is 13.7. The molecule has 0 fully saturated rings. The van der Waals surface area contributed by atoms with Crippen LogP contribution in [0, 0.1) is 0 Å². The summed E-state index contributed by atoms with van der Waals surface area (Å²) in [5, 5.41) is 14.4. The first-order valence-corrected chi connectivity index (χ1v) is 7.22. The quantitative estimate of drug-likeness (QED) is 0.721. The molecule has 7 heteroatoms. The molecule has 0 unspecified atom stereocenters. The molecule has 1 aromatic rings. The second kappa shape index (κ2) is 6.51. The molecule has 0 aromatic carbocycles. The van der Waals surface area contributed by atoms with Crippen molar-refractivity contribution in [2.45, 2.75) is 38.5 Å². The van der Waals surface area contributed by atoms with E-state index >= 15 is 0 Å². The number of hydrogen-bond donors (Lipinski definition) is 3. The molecule has 1 aliphatic carbocycles. The topological polar surface area (TPSA) is 91.3 Å². The first kappa shape index (κ1) is 13.8. The molecule has 0 aliphatic heterocycles. The second-order valence-electron chi connectivity index (χ2n) is 4.47. The van der Waals surface area contributed by atoms with Crippen LogP contribution in [0.1, 0.15) is 36.3 Å². The maximum absolute atomic E-state index is 11.6. The van der Waals surface area contributed by atoms with Crippen molar-refractivity contribution < 1.29 is 14.7 Å². The summed E-state index contributed by atoms with van der Waals surface area (Å²) in [5.74, 6) is -0.852. The molecule has 0 atom stereocenters. The van der Waals surface area contributed by atoms with Crippen LogP contribution in [-0.4, -0.2) is 28.6 Å². The number of thiazole rings is 1. The molecule has 0 saturated heterocycles. The van der Waals surface area contributed by atoms with Crippen molar-refractivity contribution in [3.8, 4) is 0 Å². The van der Waals surface area contributed by atoms with Gasteiger partial charge < -0.3 is 10.4 Å². The molecule has 2 amide bonds. The van der Waals surface area contributed by atoms with E-state index < -0.39 is 5.97 Å². The zero-order valence-electron chi connectivity index (χ0n) is 10.6. The number of carboxylic acid groups (broad SMARTS) is 1. The van der Waals surface area contributed by atoms with E-state index in [1.54, 1.807) is 0 Å². The zero-order valence-corrected chi connectivity index (χ0v) is 11.4. The Morgan fingerprint density at radius 2 is 2.11 bits per heavy atom. The number of aromatic nitrogens is 1. The van der Waals surface area contributed by atoms with Crippen LogP contribution in [0.2, 0.25) is 0 Å². The molecular formula is C12H17N3O3S. The Balaban J connectivity index is 1.75. The molecule has 1 aromatic heterocycles. The summed E-state index contributed by atoms with van der Waals surface area (Å²) >= 11 is 1.53. The van der Waals surface area contributed by atoms with Gasteiger partial charge in [-0.3, -0.25) is 10.1 Å². The summed E-state index contributed by atoms with van der Waals surface area (Å²) < 4.78 is 0. The van der Waals surface area contributed by atoms with Crippen molar-refractivity contribution in [2.75, 3.05) is 11.9 Å². The third-order valence-corrected chi connectivity index (χ3v) is 3.99. The molecule has 3 N–H and O–H groups in total. The minimum Gasteiger partial charge on any atom is -0.481 e. The van der Waals surface area contributed by atoms with E-state index in [-0.39, 0.29) is 12.5 Å². The lowest BCUT2D eigenvalue weighted by atomic mass is 10.0. The van der Waals surface area contributed by atoms with E-state index in [2.05, 4.69) is 15.6 Å². The summed E-state index contributed by atoms with van der Waals surface area (Å²) in [5.41, 5.74) is 1.11. The predicted octanol–water partition coefficient (Wildman–Crippen LogP) is 2.01. The Labute approximate surface area is 115 Å². The normalized spacial score (nSPS) is 13.7. The van der Waals surface area contributed by atoms with Gasteiger partial charge in [-0.25, -0.2) is 9.78 Å². The van der Waals surface area contributed by atoms with Gasteiger partial charge in [-0.15, -0.1) is 11.3 Å². The van der Waals surface area contributed by atoms with Gasteiger partial charge in [0.05, 0.1) is 5.69 Å². The van der Waals surface area contributed by atoms with Crippen molar-refractivity contribution in [1.82, 2.24) is 10.3 Å². The predicted molar refractivity (Wildman–Crippen MR) is 72.6 cm³/mol. The van der Waals surface area contributed by atoms with Gasteiger partial charge >= 0.3 is 12.0 Å². The van der Waals surface area contributed by atoms with Crippen LogP contribution in [0.25, 0.3) is 0 Å². The molecule has 0 bridgehead atoms. The highest BCUT2D eigenvalue weighted by molar-refractivity contribution is 7.15. The van der Waals surface area contributed by atoms with E-state index in [1.165, 1.54) is 22.6 Å². The Hall–Kier alpha value is -1.63. The highest BCUT2D eigenvalue weighted by Gasteiger charge is 2.16. The smallest absolute Gasteiger partial charge is 0.321 e. The molecule has 104 valence electrons. The van der Waals surface area contributed by atoms with E-state index in [0.29, 0.717) is 18.1 Å². The summed E-state index contributed by atoms with van der Waals surface area (Å²) in [4.78, 5) is 27.5. The minimum atomic E-state index is -0.852. The second-order valence-corrected chi connectivity index (χ2v) is 5.56. The van der Waals surface area contributed by atoms with Crippen LogP contribution >= 0.6 is 11.3 Å². The Bertz CT molecular complexity index is 449. The highest BCUT2D eigenvalue weighted by atomic mass is 32.1. The summed E-state index contributed by atoms with van der Waals surface area (Å²) in [7, 11) is 0. The van der Waals surface area contributed by atoms with Crippen molar-refractivity contribution in [3.05, 3.63) is 10.6 Å². The lowest BCUT2D eigenvalue weighted by molar-refractivity contribution is -0.137. The fraction of sp³-hybridized carbons (Fsp3) is 0.583. The van der Waals surface area contributed by atoms with Crippen molar-refractivity contribution in [3.63, 3.8) is 0 Å². The van der Waals surface area contributed by atoms with E-state index in [1.807, 2.05) is 0 Å². The van der Waals surface area contributed by atoms with Crippen molar-refractivity contribution in [2.24, 2.45) is 0 Å². The van der Waals surface area contributed by atoms with Gasteiger partial charge in [0.2, 0.25) is 0 Å². The number of rotatable bonds is 5. The molecule has 6 nitrogen and oxygen atoms in total. The maximum atomic E-state index is 11.6. The lowest BCUT2D eigenvalue weighted by Gasteiger charge is -2.06. The van der Waals surface area contributed by atoms with E-state index in [0.717, 1.165) is 25.0 Å². The van der Waals surface area contributed by atoms with Gasteiger partial charge in [0, 0.05) is 17.8 Å². The maximum Gasteiger partial charge on any atom is 0.321 e. The third kappa shape index (κ3) is 4.20. The molecule has 19 heavy (non-hydrogen) atoms. The van der Waals surface area contributed by atoms with Gasteiger partial charge in [-0.05, 0) is 32.1 Å². The number of aryl methyl sites for hydroxylation is 2. The van der Waals surface area contributed by atoms with Crippen LogP contribution < -0.4 is 10.6 Å². The molecule has 1 aliphatic rings. The molecule has 0 spiro atoms. The van der Waals surface area contributed by atoms with Gasteiger partial charge in [-0.2, -0.15) is 0 Å². The van der Waals surface area contributed by atoms with Gasteiger partial charge in [0.15, 0.2) is 5.13 Å². The largest absolute Gasteiger partial charge is 0.481 e. The number of carbonyl (C=O) groups excluding carboxylic acids is 1. The Morgan fingerprint density at radius 3 is 2.84 bits per heavy atom. The van der Waals surface area contributed by atoms with Gasteiger partial charge in [0.1, 0.15) is 0 Å². The molecule has 0 saturated carbocycles. The lowest BCUT2D eigenvalue weighted by Crippen LogP contribution is -2.29. The van der Waals surface area contributed by atoms with Gasteiger partial charge in [0.25, 0.3) is 0 Å². The van der Waals surface area contributed by atoms with Crippen LogP contribution in [-0.2, 0) is 17.6 Å². The number of amides is 2. The standard InChI is InChI=1S/C12H17N3O3S/c16-10(17)6-3-7-13-11(18)15-12-14-8-4-1-2-5-9(8)19-12/h1-7H2,(H,16,17)(H2,13,14,15,18). The first-order valence-electron chi connectivity index (χ1n) is 6.40. The molecule has 0 radical (unpaired) electrons. The minimum absolute atomic E-state index is 0.0613. The van der Waals surface area contributed by atoms with Crippen LogP contribution in [0.15, 0.2) is 0 Å². The monoisotopic (exact) mass is 283 g/mol. The van der Waals surface area contributed by atoms with Crippen LogP contribution in [0.5, 0.6) is 0 Å². The van der Waals surface area contributed by atoms with Crippen molar-refractivity contribution >= 4 is 28.5 Å². The fourth-order valence-corrected chi connectivity index (χ4v) is 3.03. The average Bonchev–Trinajstić information content (AvgIpc) is 2.76. The number of urea groups is 1. The van der Waals surface area contributed by atoms with Gasteiger partial charge in [-0.1, -0.05) is 0 Å². The first-order chi connectivity index (χ1) is 9.15. The average molecular weight is 283 g/mol. The Kier molecular flexibility index (Phi) is 4.73. The fourth-order valence-electron chi connectivity index (χ4n) is 1.99. The molecule has 1 heterocycles. The number of fused-ring (bicyclic) bond motifs is 1. The summed E-state index contributed by atoms with van der Waals surface area (Å²) in [6, 6.07) is -0.323. The van der Waals surface area contributed by atoms with E-state index in [9.17, 15) is 9.59 Å². The number of hydrogen-bond acceptors (Lipinski definition) is 4. The van der Waals surface area contributed by atoms with Crippen LogP contribution in [0.3, 0.4) is 0 Å². The number of nitrogens with zero attached hydrogens (tertiary/aromatic N) is 1. The highest BCUT2D eigenvalue weighted by Crippen LogP contribution is 2.29. The molecular weight excluding hydrogens is 266 g/mol. The van der Waals surface area contributed by atoms with E-state index in [4.69, 9.17) is 5.11 Å². The number of aliphatic carboxylic acids is 1. The number of carbonyl (C=O) groups is 2.